The molecule has 20 heavy (non-hydrogen) atoms. The summed E-state index contributed by atoms with van der Waals surface area (Å²) in [7, 11) is 0. The Morgan fingerprint density at radius 2 is 1.75 bits per heavy atom. The van der Waals surface area contributed by atoms with Crippen LogP contribution in [0.1, 0.15) is 20.7 Å². The zero-order valence-corrected chi connectivity index (χ0v) is 10.8. The highest BCUT2D eigenvalue weighted by atomic mass is 35.5. The van der Waals surface area contributed by atoms with Crippen molar-refractivity contribution in [2.24, 2.45) is 0 Å². The summed E-state index contributed by atoms with van der Waals surface area (Å²) >= 11 is 5.77. The third kappa shape index (κ3) is 2.95. The molecule has 0 saturated carbocycles. The average Bonchev–Trinajstić information content (AvgIpc) is 2.39. The summed E-state index contributed by atoms with van der Waals surface area (Å²) in [5.74, 6) is -3.06. The van der Waals surface area contributed by atoms with Crippen LogP contribution in [0.4, 0.5) is 10.1 Å². The van der Waals surface area contributed by atoms with Crippen molar-refractivity contribution in [2.45, 2.75) is 0 Å². The van der Waals surface area contributed by atoms with Gasteiger partial charge in [0, 0.05) is 5.69 Å². The summed E-state index contributed by atoms with van der Waals surface area (Å²) in [4.78, 5) is 22.9. The van der Waals surface area contributed by atoms with Crippen molar-refractivity contribution in [3.63, 3.8) is 0 Å². The molecule has 2 rings (SSSR count). The summed E-state index contributed by atoms with van der Waals surface area (Å²) in [5.41, 5.74) is -0.184. The van der Waals surface area contributed by atoms with Gasteiger partial charge in [-0.1, -0.05) is 29.8 Å². The van der Waals surface area contributed by atoms with Crippen LogP contribution in [0.3, 0.4) is 0 Å². The number of hydrogen-bond donors (Lipinski definition) is 2. The minimum Gasteiger partial charge on any atom is -0.478 e. The Labute approximate surface area is 118 Å². The van der Waals surface area contributed by atoms with E-state index in [2.05, 4.69) is 5.32 Å². The Balaban J connectivity index is 2.35. The van der Waals surface area contributed by atoms with E-state index < -0.39 is 23.3 Å². The van der Waals surface area contributed by atoms with Gasteiger partial charge in [0.05, 0.1) is 16.1 Å². The van der Waals surface area contributed by atoms with Crippen LogP contribution >= 0.6 is 11.6 Å². The molecule has 0 fully saturated rings. The predicted molar refractivity (Wildman–Crippen MR) is 72.8 cm³/mol. The van der Waals surface area contributed by atoms with Crippen molar-refractivity contribution >= 4 is 29.2 Å². The van der Waals surface area contributed by atoms with Crippen LogP contribution in [0.5, 0.6) is 0 Å². The second kappa shape index (κ2) is 5.71. The molecule has 102 valence electrons. The van der Waals surface area contributed by atoms with Crippen molar-refractivity contribution in [3.05, 3.63) is 64.4 Å². The molecule has 0 spiro atoms. The van der Waals surface area contributed by atoms with E-state index in [4.69, 9.17) is 16.7 Å². The molecule has 0 aliphatic rings. The van der Waals surface area contributed by atoms with Gasteiger partial charge >= 0.3 is 5.97 Å². The van der Waals surface area contributed by atoms with Gasteiger partial charge in [-0.3, -0.25) is 4.79 Å². The minimum absolute atomic E-state index is 0.102. The normalized spacial score (nSPS) is 10.1. The fourth-order valence-corrected chi connectivity index (χ4v) is 1.84. The van der Waals surface area contributed by atoms with Gasteiger partial charge in [-0.05, 0) is 24.3 Å². The molecule has 0 aliphatic heterocycles. The number of carboxylic acids is 1. The maximum atomic E-state index is 13.4. The Kier molecular flexibility index (Phi) is 4.00. The number of anilines is 1. The molecule has 0 saturated heterocycles. The highest BCUT2D eigenvalue weighted by Crippen LogP contribution is 2.22. The first-order valence-corrected chi connectivity index (χ1v) is 5.95. The van der Waals surface area contributed by atoms with Gasteiger partial charge in [0.2, 0.25) is 0 Å². The van der Waals surface area contributed by atoms with Gasteiger partial charge in [-0.15, -0.1) is 0 Å². The first kappa shape index (κ1) is 14.0. The van der Waals surface area contributed by atoms with Gasteiger partial charge < -0.3 is 10.4 Å². The largest absolute Gasteiger partial charge is 0.478 e. The SMILES string of the molecule is O=C(O)c1cc(C(=O)Nc2ccccc2)c(Cl)cc1F. The van der Waals surface area contributed by atoms with Gasteiger partial charge in [0.1, 0.15) is 5.82 Å². The quantitative estimate of drug-likeness (QED) is 0.911. The number of carbonyl (C=O) groups excluding carboxylic acids is 1. The summed E-state index contributed by atoms with van der Waals surface area (Å²) in [6.07, 6.45) is 0. The Hall–Kier alpha value is -2.40. The van der Waals surface area contributed by atoms with Crippen LogP contribution in [-0.2, 0) is 0 Å². The van der Waals surface area contributed by atoms with Crippen molar-refractivity contribution in [1.29, 1.82) is 0 Å². The Morgan fingerprint density at radius 1 is 1.10 bits per heavy atom. The second-order valence-electron chi connectivity index (χ2n) is 3.94. The third-order valence-corrected chi connectivity index (χ3v) is 2.88. The van der Waals surface area contributed by atoms with Gasteiger partial charge in [0.15, 0.2) is 0 Å². The van der Waals surface area contributed by atoms with Gasteiger partial charge in [-0.25, -0.2) is 9.18 Å². The third-order valence-electron chi connectivity index (χ3n) is 2.56. The molecule has 0 bridgehead atoms. The molecule has 0 aliphatic carbocycles. The van der Waals surface area contributed by atoms with Crippen LogP contribution in [0.25, 0.3) is 0 Å². The Morgan fingerprint density at radius 3 is 2.35 bits per heavy atom. The van der Waals surface area contributed by atoms with Crippen molar-refractivity contribution < 1.29 is 19.1 Å². The van der Waals surface area contributed by atoms with Crippen LogP contribution in [0.15, 0.2) is 42.5 Å². The molecule has 0 atom stereocenters. The molecule has 1 amide bonds. The van der Waals surface area contributed by atoms with Gasteiger partial charge in [0.25, 0.3) is 5.91 Å². The zero-order valence-electron chi connectivity index (χ0n) is 10.1. The lowest BCUT2D eigenvalue weighted by Crippen LogP contribution is -2.14. The van der Waals surface area contributed by atoms with E-state index in [1.807, 2.05) is 0 Å². The number of rotatable bonds is 3. The fourth-order valence-electron chi connectivity index (χ4n) is 1.61. The van der Waals surface area contributed by atoms with E-state index in [0.717, 1.165) is 12.1 Å². The molecule has 0 unspecified atom stereocenters. The number of nitrogens with one attached hydrogen (secondary N) is 1. The number of benzene rings is 2. The predicted octanol–water partition coefficient (Wildman–Crippen LogP) is 3.43. The zero-order chi connectivity index (χ0) is 14.7. The number of aromatic carboxylic acids is 1. The van der Waals surface area contributed by atoms with Crippen LogP contribution < -0.4 is 5.32 Å². The van der Waals surface area contributed by atoms with E-state index >= 15 is 0 Å². The number of hydrogen-bond acceptors (Lipinski definition) is 2. The average molecular weight is 294 g/mol. The molecule has 4 nitrogen and oxygen atoms in total. The molecule has 0 radical (unpaired) electrons. The molecule has 2 N–H and O–H groups in total. The summed E-state index contributed by atoms with van der Waals surface area (Å²) in [6.45, 7) is 0. The number of carboxylic acid groups (broad SMARTS) is 1. The first-order chi connectivity index (χ1) is 9.49. The number of amides is 1. The van der Waals surface area contributed by atoms with Crippen LogP contribution in [0.2, 0.25) is 5.02 Å². The summed E-state index contributed by atoms with van der Waals surface area (Å²) < 4.78 is 13.4. The van der Waals surface area contributed by atoms with Gasteiger partial charge in [-0.2, -0.15) is 0 Å². The Bertz CT molecular complexity index is 674. The lowest BCUT2D eigenvalue weighted by molar-refractivity contribution is 0.0692. The van der Waals surface area contributed by atoms with E-state index in [-0.39, 0.29) is 10.6 Å². The van der Waals surface area contributed by atoms with Crippen molar-refractivity contribution in [1.82, 2.24) is 0 Å². The maximum absolute atomic E-state index is 13.4. The molecular formula is C14H9ClFNO3. The monoisotopic (exact) mass is 293 g/mol. The minimum atomic E-state index is -1.46. The topological polar surface area (TPSA) is 66.4 Å². The first-order valence-electron chi connectivity index (χ1n) is 5.58. The number of carbonyl (C=O) groups is 2. The van der Waals surface area contributed by atoms with E-state index in [9.17, 15) is 14.0 Å². The van der Waals surface area contributed by atoms with E-state index in [1.165, 1.54) is 0 Å². The molecular weight excluding hydrogens is 285 g/mol. The lowest BCUT2D eigenvalue weighted by Gasteiger charge is -2.08. The fraction of sp³-hybridized carbons (Fsp3) is 0. The summed E-state index contributed by atoms with van der Waals surface area (Å²) in [6, 6.07) is 10.3. The number of para-hydroxylation sites is 1. The van der Waals surface area contributed by atoms with Crippen LogP contribution in [-0.4, -0.2) is 17.0 Å². The molecule has 2 aromatic rings. The van der Waals surface area contributed by atoms with Crippen molar-refractivity contribution in [2.75, 3.05) is 5.32 Å². The van der Waals surface area contributed by atoms with Crippen molar-refractivity contribution in [3.8, 4) is 0 Å². The highest BCUT2D eigenvalue weighted by Gasteiger charge is 2.18. The maximum Gasteiger partial charge on any atom is 0.338 e. The molecule has 0 heterocycles. The smallest absolute Gasteiger partial charge is 0.338 e. The standard InChI is InChI=1S/C14H9ClFNO3/c15-11-7-12(16)10(14(19)20)6-9(11)13(18)17-8-4-2-1-3-5-8/h1-7H,(H,17,18)(H,19,20). The van der Waals surface area contributed by atoms with E-state index in [1.54, 1.807) is 30.3 Å². The molecule has 0 aromatic heterocycles. The van der Waals surface area contributed by atoms with E-state index in [0.29, 0.717) is 5.69 Å². The molecule has 2 aromatic carbocycles. The highest BCUT2D eigenvalue weighted by molar-refractivity contribution is 6.34. The molecule has 6 heteroatoms. The second-order valence-corrected chi connectivity index (χ2v) is 4.34. The lowest BCUT2D eigenvalue weighted by atomic mass is 10.1. The number of halogens is 2. The summed E-state index contributed by atoms with van der Waals surface area (Å²) in [5, 5.41) is 11.2. The van der Waals surface area contributed by atoms with Crippen LogP contribution in [0, 0.1) is 5.82 Å².